The highest BCUT2D eigenvalue weighted by molar-refractivity contribution is 5.35. The van der Waals surface area contributed by atoms with Gasteiger partial charge >= 0.3 is 0 Å². The molecule has 0 aliphatic heterocycles. The van der Waals surface area contributed by atoms with Crippen LogP contribution in [0.1, 0.15) is 24.1 Å². The molecule has 112 valence electrons. The van der Waals surface area contributed by atoms with Gasteiger partial charge in [-0.2, -0.15) is 5.10 Å². The van der Waals surface area contributed by atoms with Gasteiger partial charge < -0.3 is 0 Å². The number of benzene rings is 1. The summed E-state index contributed by atoms with van der Waals surface area (Å²) in [6, 6.07) is 14.8. The summed E-state index contributed by atoms with van der Waals surface area (Å²) >= 11 is 0. The fraction of sp³-hybridized carbons (Fsp3) is 0.222. The molecule has 0 fully saturated rings. The van der Waals surface area contributed by atoms with Crippen LogP contribution in [0.5, 0.6) is 0 Å². The summed E-state index contributed by atoms with van der Waals surface area (Å²) in [5, 5.41) is 4.28. The molecule has 22 heavy (non-hydrogen) atoms. The second-order valence-corrected chi connectivity index (χ2v) is 5.50. The van der Waals surface area contributed by atoms with Crippen LogP contribution < -0.4 is 0 Å². The van der Waals surface area contributed by atoms with Gasteiger partial charge in [-0.15, -0.1) is 0 Å². The predicted octanol–water partition coefficient (Wildman–Crippen LogP) is 3.46. The maximum atomic E-state index is 4.28. The van der Waals surface area contributed by atoms with Crippen LogP contribution in [0.2, 0.25) is 0 Å². The molecule has 0 saturated carbocycles. The van der Waals surface area contributed by atoms with E-state index in [-0.39, 0.29) is 0 Å². The Bertz CT molecular complexity index is 707. The lowest BCUT2D eigenvalue weighted by Crippen LogP contribution is -2.22. The van der Waals surface area contributed by atoms with E-state index in [1.54, 1.807) is 6.20 Å². The van der Waals surface area contributed by atoms with Crippen molar-refractivity contribution in [1.82, 2.24) is 19.7 Å². The van der Waals surface area contributed by atoms with E-state index in [0.29, 0.717) is 6.04 Å². The van der Waals surface area contributed by atoms with Crippen molar-refractivity contribution >= 4 is 0 Å². The lowest BCUT2D eigenvalue weighted by Gasteiger charge is -2.25. The topological polar surface area (TPSA) is 34.0 Å². The molecule has 0 aliphatic rings. The summed E-state index contributed by atoms with van der Waals surface area (Å²) in [6.45, 7) is 3.08. The van der Waals surface area contributed by atoms with Crippen molar-refractivity contribution in [2.45, 2.75) is 19.5 Å². The molecule has 0 unspecified atom stereocenters. The molecule has 0 bridgehead atoms. The fourth-order valence-corrected chi connectivity index (χ4v) is 2.52. The first-order chi connectivity index (χ1) is 10.7. The summed E-state index contributed by atoms with van der Waals surface area (Å²) in [7, 11) is 2.14. The van der Waals surface area contributed by atoms with Crippen molar-refractivity contribution in [1.29, 1.82) is 0 Å². The number of hydrogen-bond acceptors (Lipinski definition) is 3. The Morgan fingerprint density at radius 3 is 2.77 bits per heavy atom. The largest absolute Gasteiger partial charge is 0.295 e. The second-order valence-electron chi connectivity index (χ2n) is 5.50. The molecule has 0 N–H and O–H groups in total. The van der Waals surface area contributed by atoms with Crippen molar-refractivity contribution < 1.29 is 0 Å². The molecule has 0 saturated heterocycles. The molecule has 0 spiro atoms. The quantitative estimate of drug-likeness (QED) is 0.722. The van der Waals surface area contributed by atoms with E-state index in [2.05, 4.69) is 59.3 Å². The van der Waals surface area contributed by atoms with Crippen molar-refractivity contribution in [3.8, 4) is 5.69 Å². The predicted molar refractivity (Wildman–Crippen MR) is 87.7 cm³/mol. The Morgan fingerprint density at radius 2 is 2.05 bits per heavy atom. The van der Waals surface area contributed by atoms with E-state index in [1.807, 2.05) is 35.4 Å². The number of aromatic nitrogens is 3. The summed E-state index contributed by atoms with van der Waals surface area (Å²) in [5.41, 5.74) is 3.59. The highest BCUT2D eigenvalue weighted by atomic mass is 15.3. The van der Waals surface area contributed by atoms with E-state index in [4.69, 9.17) is 0 Å². The smallest absolute Gasteiger partial charge is 0.0648 e. The Morgan fingerprint density at radius 1 is 1.14 bits per heavy atom. The van der Waals surface area contributed by atoms with Gasteiger partial charge in [-0.05, 0) is 49.4 Å². The number of pyridine rings is 1. The minimum atomic E-state index is 0.321. The first kappa shape index (κ1) is 14.5. The van der Waals surface area contributed by atoms with E-state index < -0.39 is 0 Å². The van der Waals surface area contributed by atoms with Crippen LogP contribution >= 0.6 is 0 Å². The lowest BCUT2D eigenvalue weighted by molar-refractivity contribution is 0.252. The molecule has 0 aliphatic carbocycles. The van der Waals surface area contributed by atoms with Crippen molar-refractivity contribution in [2.75, 3.05) is 7.05 Å². The summed E-state index contributed by atoms with van der Waals surface area (Å²) in [5.74, 6) is 0. The first-order valence-corrected chi connectivity index (χ1v) is 7.43. The molecule has 0 amide bonds. The van der Waals surface area contributed by atoms with Gasteiger partial charge in [0.1, 0.15) is 0 Å². The van der Waals surface area contributed by atoms with Gasteiger partial charge in [0.2, 0.25) is 0 Å². The zero-order chi connectivity index (χ0) is 15.4. The number of nitrogens with zero attached hydrogens (tertiary/aromatic N) is 4. The maximum absolute atomic E-state index is 4.28. The van der Waals surface area contributed by atoms with E-state index in [1.165, 1.54) is 11.1 Å². The van der Waals surface area contributed by atoms with Crippen LogP contribution in [0, 0.1) is 0 Å². The minimum Gasteiger partial charge on any atom is -0.295 e. The normalized spacial score (nSPS) is 12.5. The second kappa shape index (κ2) is 6.54. The first-order valence-electron chi connectivity index (χ1n) is 7.43. The van der Waals surface area contributed by atoms with Crippen LogP contribution in [-0.2, 0) is 6.54 Å². The molecule has 3 rings (SSSR count). The third kappa shape index (κ3) is 3.23. The van der Waals surface area contributed by atoms with Gasteiger partial charge in [0, 0.05) is 37.4 Å². The molecule has 1 aromatic carbocycles. The Hall–Kier alpha value is -2.46. The van der Waals surface area contributed by atoms with Crippen LogP contribution in [0.15, 0.2) is 67.3 Å². The molecule has 4 nitrogen and oxygen atoms in total. The number of hydrogen-bond donors (Lipinski definition) is 0. The molecular formula is C18H20N4. The molecule has 0 radical (unpaired) electrons. The zero-order valence-electron chi connectivity index (χ0n) is 12.9. The van der Waals surface area contributed by atoms with E-state index >= 15 is 0 Å². The van der Waals surface area contributed by atoms with Gasteiger partial charge in [-0.3, -0.25) is 9.88 Å². The fourth-order valence-electron chi connectivity index (χ4n) is 2.52. The van der Waals surface area contributed by atoms with Crippen molar-refractivity contribution in [3.63, 3.8) is 0 Å². The van der Waals surface area contributed by atoms with Crippen LogP contribution in [0.4, 0.5) is 0 Å². The lowest BCUT2D eigenvalue weighted by atomic mass is 10.1. The Labute approximate surface area is 131 Å². The third-order valence-electron chi connectivity index (χ3n) is 3.94. The monoisotopic (exact) mass is 292 g/mol. The van der Waals surface area contributed by atoms with Crippen LogP contribution in [0.3, 0.4) is 0 Å². The molecule has 1 atom stereocenters. The van der Waals surface area contributed by atoms with Crippen LogP contribution in [-0.4, -0.2) is 26.7 Å². The maximum Gasteiger partial charge on any atom is 0.0648 e. The van der Waals surface area contributed by atoms with Crippen molar-refractivity contribution in [2.24, 2.45) is 0 Å². The van der Waals surface area contributed by atoms with Gasteiger partial charge in [0.15, 0.2) is 0 Å². The molecule has 4 heteroatoms. The highest BCUT2D eigenvalue weighted by Crippen LogP contribution is 2.20. The Balaban J connectivity index is 1.74. The van der Waals surface area contributed by atoms with E-state index in [0.717, 1.165) is 12.2 Å². The molecular weight excluding hydrogens is 272 g/mol. The average Bonchev–Trinajstić information content (AvgIpc) is 3.10. The van der Waals surface area contributed by atoms with Gasteiger partial charge in [-0.1, -0.05) is 18.2 Å². The van der Waals surface area contributed by atoms with Gasteiger partial charge in [0.25, 0.3) is 0 Å². The van der Waals surface area contributed by atoms with Crippen LogP contribution in [0.25, 0.3) is 5.69 Å². The summed E-state index contributed by atoms with van der Waals surface area (Å²) in [4.78, 5) is 6.52. The van der Waals surface area contributed by atoms with Gasteiger partial charge in [-0.25, -0.2) is 4.68 Å². The SMILES string of the molecule is C[C@@H](c1cccnc1)N(C)Cc1cccc(-n2cccn2)c1. The highest BCUT2D eigenvalue weighted by Gasteiger charge is 2.12. The third-order valence-corrected chi connectivity index (χ3v) is 3.94. The molecule has 2 heterocycles. The molecule has 3 aromatic rings. The molecule has 2 aromatic heterocycles. The Kier molecular flexibility index (Phi) is 4.30. The number of rotatable bonds is 5. The summed E-state index contributed by atoms with van der Waals surface area (Å²) < 4.78 is 1.88. The standard InChI is InChI=1S/C18H20N4/c1-15(17-7-4-9-19-13-17)21(2)14-16-6-3-8-18(12-16)22-11-5-10-20-22/h3-13,15H,14H2,1-2H3/t15-/m0/s1. The van der Waals surface area contributed by atoms with Gasteiger partial charge in [0.05, 0.1) is 5.69 Å². The zero-order valence-corrected chi connectivity index (χ0v) is 12.9. The van der Waals surface area contributed by atoms with Crippen molar-refractivity contribution in [3.05, 3.63) is 78.4 Å². The average molecular weight is 292 g/mol. The summed E-state index contributed by atoms with van der Waals surface area (Å²) in [6.07, 6.45) is 7.50. The van der Waals surface area contributed by atoms with E-state index in [9.17, 15) is 0 Å². The minimum absolute atomic E-state index is 0.321.